The first-order valence-electron chi connectivity index (χ1n) is 5.30. The summed E-state index contributed by atoms with van der Waals surface area (Å²) in [5, 5.41) is 5.34. The molecule has 0 fully saturated rings. The van der Waals surface area contributed by atoms with Crippen molar-refractivity contribution in [3.63, 3.8) is 0 Å². The highest BCUT2D eigenvalue weighted by molar-refractivity contribution is 7.13. The van der Waals surface area contributed by atoms with Crippen LogP contribution in [0.3, 0.4) is 0 Å². The average molecular weight is 267 g/mol. The minimum atomic E-state index is -4.20. The van der Waals surface area contributed by atoms with E-state index in [2.05, 4.69) is 10.3 Å². The van der Waals surface area contributed by atoms with Gasteiger partial charge in [-0.3, -0.25) is 0 Å². The predicted molar refractivity (Wildman–Crippen MR) is 63.5 cm³/mol. The lowest BCUT2D eigenvalue weighted by atomic mass is 10.3. The fourth-order valence-corrected chi connectivity index (χ4v) is 2.28. The highest BCUT2D eigenvalue weighted by atomic mass is 32.1. The van der Waals surface area contributed by atoms with Gasteiger partial charge in [-0.25, -0.2) is 4.98 Å². The third-order valence-electron chi connectivity index (χ3n) is 2.21. The number of hydrogen-bond acceptors (Lipinski definition) is 4. The molecule has 1 aromatic rings. The van der Waals surface area contributed by atoms with Crippen LogP contribution in [0.1, 0.15) is 25.6 Å². The number of alkyl halides is 3. The number of nitrogens with zero attached hydrogens (tertiary/aromatic N) is 2. The molecule has 1 rings (SSSR count). The van der Waals surface area contributed by atoms with Crippen LogP contribution >= 0.6 is 11.3 Å². The van der Waals surface area contributed by atoms with Crippen molar-refractivity contribution < 1.29 is 13.2 Å². The summed E-state index contributed by atoms with van der Waals surface area (Å²) >= 11 is 1.23. The van der Waals surface area contributed by atoms with E-state index in [4.69, 9.17) is 0 Å². The lowest BCUT2D eigenvalue weighted by molar-refractivity contribution is -0.119. The highest BCUT2D eigenvalue weighted by Crippen LogP contribution is 2.26. The Labute approximate surface area is 103 Å². The van der Waals surface area contributed by atoms with Crippen molar-refractivity contribution in [2.45, 2.75) is 26.1 Å². The molecule has 98 valence electrons. The van der Waals surface area contributed by atoms with E-state index in [-0.39, 0.29) is 6.04 Å². The fraction of sp³-hybridized carbons (Fsp3) is 0.700. The zero-order valence-corrected chi connectivity index (χ0v) is 10.8. The molecule has 7 heteroatoms. The van der Waals surface area contributed by atoms with E-state index < -0.39 is 12.7 Å². The molecule has 0 spiro atoms. The Kier molecular flexibility index (Phi) is 4.76. The molecule has 0 saturated carbocycles. The van der Waals surface area contributed by atoms with Gasteiger partial charge in [0.1, 0.15) is 6.54 Å². The minimum absolute atomic E-state index is 0.0595. The van der Waals surface area contributed by atoms with Gasteiger partial charge in [-0.15, -0.1) is 11.3 Å². The Balaban J connectivity index is 2.67. The maximum Gasteiger partial charge on any atom is 0.405 e. The third-order valence-corrected chi connectivity index (χ3v) is 3.18. The van der Waals surface area contributed by atoms with Crippen LogP contribution in [0.25, 0.3) is 0 Å². The van der Waals surface area contributed by atoms with Crippen LogP contribution < -0.4 is 10.2 Å². The molecule has 0 amide bonds. The molecule has 1 heterocycles. The van der Waals surface area contributed by atoms with Gasteiger partial charge in [0.2, 0.25) is 0 Å². The molecule has 0 aliphatic carbocycles. The summed E-state index contributed by atoms with van der Waals surface area (Å²) in [7, 11) is 1.40. The highest BCUT2D eigenvalue weighted by Gasteiger charge is 2.30. The van der Waals surface area contributed by atoms with Crippen molar-refractivity contribution in [1.82, 2.24) is 10.3 Å². The van der Waals surface area contributed by atoms with E-state index in [1.165, 1.54) is 18.4 Å². The number of thiazole rings is 1. The summed E-state index contributed by atoms with van der Waals surface area (Å²) in [5.74, 6) is 0. The lowest BCUT2D eigenvalue weighted by Gasteiger charge is -2.17. The number of halogens is 3. The Morgan fingerprint density at radius 1 is 1.53 bits per heavy atom. The number of aromatic nitrogens is 1. The molecule has 1 atom stereocenters. The molecular weight excluding hydrogens is 251 g/mol. The van der Waals surface area contributed by atoms with E-state index in [9.17, 15) is 13.2 Å². The van der Waals surface area contributed by atoms with Crippen molar-refractivity contribution in [3.8, 4) is 0 Å². The van der Waals surface area contributed by atoms with Gasteiger partial charge in [0.15, 0.2) is 5.13 Å². The molecule has 0 aliphatic heterocycles. The van der Waals surface area contributed by atoms with Crippen LogP contribution in [-0.4, -0.2) is 31.3 Å². The van der Waals surface area contributed by atoms with E-state index in [1.807, 2.05) is 13.8 Å². The maximum atomic E-state index is 12.2. The zero-order chi connectivity index (χ0) is 13.1. The standard InChI is InChI=1S/C10H16F3N3S/c1-4-14-7(2)8-5-17-9(15-8)16(3)6-10(11,12)13/h5,7,14H,4,6H2,1-3H3. The number of hydrogen-bond donors (Lipinski definition) is 1. The normalized spacial score (nSPS) is 13.8. The van der Waals surface area contributed by atoms with Crippen LogP contribution in [0, 0.1) is 0 Å². The molecule has 1 aromatic heterocycles. The first kappa shape index (κ1) is 14.2. The lowest BCUT2D eigenvalue weighted by Crippen LogP contribution is -2.30. The molecule has 0 saturated heterocycles. The van der Waals surface area contributed by atoms with Crippen LogP contribution in [0.2, 0.25) is 0 Å². The summed E-state index contributed by atoms with van der Waals surface area (Å²) < 4.78 is 36.6. The number of anilines is 1. The molecular formula is C10H16F3N3S. The molecule has 0 aliphatic rings. The quantitative estimate of drug-likeness (QED) is 0.889. The maximum absolute atomic E-state index is 12.2. The SMILES string of the molecule is CCNC(C)c1csc(N(C)CC(F)(F)F)n1. The summed E-state index contributed by atoms with van der Waals surface area (Å²) in [6.07, 6.45) is -4.20. The molecule has 1 N–H and O–H groups in total. The van der Waals surface area contributed by atoms with Crippen LogP contribution in [0.15, 0.2) is 5.38 Å². The van der Waals surface area contributed by atoms with Gasteiger partial charge in [0, 0.05) is 18.5 Å². The Hall–Kier alpha value is -0.820. The van der Waals surface area contributed by atoms with Gasteiger partial charge >= 0.3 is 6.18 Å². The topological polar surface area (TPSA) is 28.2 Å². The second-order valence-electron chi connectivity index (χ2n) is 3.81. The largest absolute Gasteiger partial charge is 0.405 e. The third kappa shape index (κ3) is 4.51. The summed E-state index contributed by atoms with van der Waals surface area (Å²) in [5.41, 5.74) is 0.779. The van der Waals surface area contributed by atoms with Gasteiger partial charge in [-0.2, -0.15) is 13.2 Å². The van der Waals surface area contributed by atoms with Crippen LogP contribution in [0.4, 0.5) is 18.3 Å². The monoisotopic (exact) mass is 267 g/mol. The van der Waals surface area contributed by atoms with E-state index in [0.29, 0.717) is 5.13 Å². The first-order valence-corrected chi connectivity index (χ1v) is 6.18. The number of rotatable bonds is 5. The van der Waals surface area contributed by atoms with Crippen molar-refractivity contribution in [2.24, 2.45) is 0 Å². The molecule has 17 heavy (non-hydrogen) atoms. The number of nitrogens with one attached hydrogen (secondary N) is 1. The van der Waals surface area contributed by atoms with Gasteiger partial charge in [-0.1, -0.05) is 6.92 Å². The van der Waals surface area contributed by atoms with Gasteiger partial charge in [-0.05, 0) is 13.5 Å². The van der Waals surface area contributed by atoms with Crippen LogP contribution in [-0.2, 0) is 0 Å². The van der Waals surface area contributed by atoms with Crippen LogP contribution in [0.5, 0.6) is 0 Å². The molecule has 3 nitrogen and oxygen atoms in total. The first-order chi connectivity index (χ1) is 7.83. The second-order valence-corrected chi connectivity index (χ2v) is 4.64. The smallest absolute Gasteiger partial charge is 0.342 e. The van der Waals surface area contributed by atoms with Crippen molar-refractivity contribution in [3.05, 3.63) is 11.1 Å². The summed E-state index contributed by atoms with van der Waals surface area (Å²) in [4.78, 5) is 5.31. The Bertz CT molecular complexity index is 351. The second kappa shape index (κ2) is 5.68. The summed E-state index contributed by atoms with van der Waals surface area (Å²) in [6, 6.07) is 0.0595. The predicted octanol–water partition coefficient (Wildman–Crippen LogP) is 2.81. The van der Waals surface area contributed by atoms with E-state index in [1.54, 1.807) is 5.38 Å². The average Bonchev–Trinajstić information content (AvgIpc) is 2.63. The van der Waals surface area contributed by atoms with Gasteiger partial charge < -0.3 is 10.2 Å². The van der Waals surface area contributed by atoms with Crippen molar-refractivity contribution in [2.75, 3.05) is 25.0 Å². The molecule has 0 aromatic carbocycles. The molecule has 0 radical (unpaired) electrons. The van der Waals surface area contributed by atoms with Crippen molar-refractivity contribution in [1.29, 1.82) is 0 Å². The summed E-state index contributed by atoms with van der Waals surface area (Å²) in [6.45, 7) is 3.73. The fourth-order valence-electron chi connectivity index (χ4n) is 1.40. The van der Waals surface area contributed by atoms with E-state index in [0.717, 1.165) is 17.1 Å². The molecule has 1 unspecified atom stereocenters. The van der Waals surface area contributed by atoms with Gasteiger partial charge in [0.05, 0.1) is 5.69 Å². The van der Waals surface area contributed by atoms with Crippen molar-refractivity contribution >= 4 is 16.5 Å². The van der Waals surface area contributed by atoms with E-state index >= 15 is 0 Å². The Morgan fingerprint density at radius 2 is 2.18 bits per heavy atom. The minimum Gasteiger partial charge on any atom is -0.342 e. The Morgan fingerprint density at radius 3 is 2.71 bits per heavy atom. The zero-order valence-electron chi connectivity index (χ0n) is 10.0. The molecule has 0 bridgehead atoms. The van der Waals surface area contributed by atoms with Gasteiger partial charge in [0.25, 0.3) is 0 Å².